The van der Waals surface area contributed by atoms with E-state index in [1.54, 1.807) is 0 Å². The molecule has 0 atom stereocenters. The van der Waals surface area contributed by atoms with Crippen LogP contribution in [-0.4, -0.2) is 13.8 Å². The van der Waals surface area contributed by atoms with E-state index in [0.717, 1.165) is 12.8 Å². The zero-order chi connectivity index (χ0) is 9.23. The van der Waals surface area contributed by atoms with Gasteiger partial charge < -0.3 is 0 Å². The molecule has 0 unspecified atom stereocenters. The molecule has 0 fully saturated rings. The van der Waals surface area contributed by atoms with Crippen molar-refractivity contribution in [3.8, 4) is 0 Å². The van der Waals surface area contributed by atoms with Crippen LogP contribution in [0.25, 0.3) is 0 Å². The van der Waals surface area contributed by atoms with Crippen molar-refractivity contribution in [1.82, 2.24) is 0 Å². The van der Waals surface area contributed by atoms with Crippen LogP contribution in [0.4, 0.5) is 0 Å². The van der Waals surface area contributed by atoms with Crippen LogP contribution < -0.4 is 0 Å². The van der Waals surface area contributed by atoms with Crippen LogP contribution in [0.15, 0.2) is 0 Å². The fourth-order valence-electron chi connectivity index (χ4n) is 1.10. The summed E-state index contributed by atoms with van der Waals surface area (Å²) in [5, 5.41) is 1.35. The summed E-state index contributed by atoms with van der Waals surface area (Å²) >= 11 is 0. The third-order valence-corrected chi connectivity index (χ3v) is 2.32. The van der Waals surface area contributed by atoms with E-state index in [9.17, 15) is 8.42 Å². The minimum Gasteiger partial charge on any atom is -0.185 e. The Bertz CT molecular complexity index is 197. The molecule has 0 rings (SSSR count). The highest BCUT2D eigenvalue weighted by Gasteiger charge is 1.88. The molecule has 0 aromatic carbocycles. The van der Waals surface area contributed by atoms with Crippen molar-refractivity contribution >= 4 is 15.7 Å². The highest BCUT2D eigenvalue weighted by Crippen LogP contribution is 2.05. The Morgan fingerprint density at radius 3 is 2.17 bits per heavy atom. The lowest BCUT2D eigenvalue weighted by Crippen LogP contribution is -1.80. The van der Waals surface area contributed by atoms with Gasteiger partial charge in [0.15, 0.2) is 0 Å². The second kappa shape index (κ2) is 8.78. The fourth-order valence-corrected chi connectivity index (χ4v) is 1.46. The van der Waals surface area contributed by atoms with Gasteiger partial charge in [-0.1, -0.05) is 39.0 Å². The van der Waals surface area contributed by atoms with Crippen LogP contribution in [0.2, 0.25) is 0 Å². The Morgan fingerprint density at radius 1 is 1.00 bits per heavy atom. The summed E-state index contributed by atoms with van der Waals surface area (Å²) in [6.45, 7) is 2.19. The standard InChI is InChI=1S/C9H18O2S/c1-2-3-4-5-6-7-8-9-12(10)11/h9H,2-8H2,1H3. The van der Waals surface area contributed by atoms with E-state index in [1.807, 2.05) is 0 Å². The van der Waals surface area contributed by atoms with Gasteiger partial charge in [-0.15, -0.1) is 0 Å². The van der Waals surface area contributed by atoms with Gasteiger partial charge in [-0.05, 0) is 12.8 Å². The van der Waals surface area contributed by atoms with Crippen LogP contribution in [0.3, 0.4) is 0 Å². The van der Waals surface area contributed by atoms with E-state index in [-0.39, 0.29) is 0 Å². The Balaban J connectivity index is 3.06. The molecule has 0 spiro atoms. The molecule has 0 aliphatic heterocycles. The average molecular weight is 190 g/mol. The molecular weight excluding hydrogens is 172 g/mol. The number of rotatable bonds is 7. The maximum absolute atomic E-state index is 10.1. The topological polar surface area (TPSA) is 34.1 Å². The van der Waals surface area contributed by atoms with Gasteiger partial charge in [-0.3, -0.25) is 0 Å². The molecule has 0 radical (unpaired) electrons. The van der Waals surface area contributed by atoms with E-state index < -0.39 is 10.3 Å². The summed E-state index contributed by atoms with van der Waals surface area (Å²) in [4.78, 5) is 0. The molecule has 0 saturated heterocycles. The molecule has 0 aromatic heterocycles. The Hall–Kier alpha value is -0.310. The van der Waals surface area contributed by atoms with Crippen molar-refractivity contribution in [3.05, 3.63) is 0 Å². The summed E-state index contributed by atoms with van der Waals surface area (Å²) in [7, 11) is -1.95. The van der Waals surface area contributed by atoms with Crippen molar-refractivity contribution in [2.45, 2.75) is 51.9 Å². The van der Waals surface area contributed by atoms with Crippen LogP contribution >= 0.6 is 0 Å². The largest absolute Gasteiger partial charge is 0.209 e. The van der Waals surface area contributed by atoms with Crippen LogP contribution in [0.1, 0.15) is 51.9 Å². The average Bonchev–Trinajstić information content (AvgIpc) is 2.02. The Kier molecular flexibility index (Phi) is 8.56. The van der Waals surface area contributed by atoms with E-state index >= 15 is 0 Å². The number of hydrogen-bond donors (Lipinski definition) is 0. The monoisotopic (exact) mass is 190 g/mol. The fraction of sp³-hybridized carbons (Fsp3) is 0.889. The zero-order valence-corrected chi connectivity index (χ0v) is 8.57. The minimum absolute atomic E-state index is 0.711. The van der Waals surface area contributed by atoms with E-state index in [2.05, 4.69) is 6.92 Å². The quantitative estimate of drug-likeness (QED) is 0.456. The van der Waals surface area contributed by atoms with Crippen LogP contribution in [0.5, 0.6) is 0 Å². The predicted molar refractivity (Wildman–Crippen MR) is 53.0 cm³/mol. The Labute approximate surface area is 76.5 Å². The van der Waals surface area contributed by atoms with Gasteiger partial charge >= 0.3 is 0 Å². The van der Waals surface area contributed by atoms with Gasteiger partial charge in [0.2, 0.25) is 10.3 Å². The summed E-state index contributed by atoms with van der Waals surface area (Å²) in [6, 6.07) is 0. The summed E-state index contributed by atoms with van der Waals surface area (Å²) in [6.07, 6.45) is 7.98. The molecule has 0 N–H and O–H groups in total. The molecule has 12 heavy (non-hydrogen) atoms. The van der Waals surface area contributed by atoms with Gasteiger partial charge in [0.05, 0.1) is 0 Å². The van der Waals surface area contributed by atoms with E-state index in [4.69, 9.17) is 0 Å². The maximum atomic E-state index is 10.1. The lowest BCUT2D eigenvalue weighted by Gasteiger charge is -1.96. The summed E-state index contributed by atoms with van der Waals surface area (Å²) < 4.78 is 20.2. The first-order valence-corrected chi connectivity index (χ1v) is 5.82. The van der Waals surface area contributed by atoms with Gasteiger partial charge in [0.1, 0.15) is 0 Å². The summed E-state index contributed by atoms with van der Waals surface area (Å²) in [5.74, 6) is 0. The highest BCUT2D eigenvalue weighted by atomic mass is 32.2. The smallest absolute Gasteiger partial charge is 0.185 e. The van der Waals surface area contributed by atoms with Crippen molar-refractivity contribution in [3.63, 3.8) is 0 Å². The minimum atomic E-state index is -1.95. The second-order valence-electron chi connectivity index (χ2n) is 2.98. The van der Waals surface area contributed by atoms with E-state index in [1.165, 1.54) is 31.1 Å². The van der Waals surface area contributed by atoms with Crippen molar-refractivity contribution in [2.75, 3.05) is 0 Å². The lowest BCUT2D eigenvalue weighted by atomic mass is 10.1. The first-order chi connectivity index (χ1) is 5.77. The maximum Gasteiger partial charge on any atom is 0.209 e. The van der Waals surface area contributed by atoms with Gasteiger partial charge in [0, 0.05) is 5.37 Å². The SMILES string of the molecule is CCCCCCCCC=S(=O)=O. The molecule has 0 bridgehead atoms. The predicted octanol–water partition coefficient (Wildman–Crippen LogP) is 2.42. The molecule has 0 amide bonds. The summed E-state index contributed by atoms with van der Waals surface area (Å²) in [5.41, 5.74) is 0. The molecule has 0 aliphatic rings. The third-order valence-electron chi connectivity index (χ3n) is 1.81. The number of hydrogen-bond acceptors (Lipinski definition) is 2. The van der Waals surface area contributed by atoms with Gasteiger partial charge in [-0.25, -0.2) is 0 Å². The molecule has 3 heteroatoms. The first-order valence-electron chi connectivity index (χ1n) is 4.68. The molecule has 0 heterocycles. The van der Waals surface area contributed by atoms with Crippen molar-refractivity contribution in [1.29, 1.82) is 0 Å². The molecular formula is C9H18O2S. The Morgan fingerprint density at radius 2 is 1.58 bits per heavy atom. The molecule has 0 saturated carbocycles. The molecule has 72 valence electrons. The lowest BCUT2D eigenvalue weighted by molar-refractivity contribution is 0.615. The van der Waals surface area contributed by atoms with E-state index in [0.29, 0.717) is 6.42 Å². The first kappa shape index (κ1) is 11.7. The van der Waals surface area contributed by atoms with Crippen LogP contribution in [-0.2, 0) is 10.3 Å². The van der Waals surface area contributed by atoms with Gasteiger partial charge in [-0.2, -0.15) is 8.42 Å². The van der Waals surface area contributed by atoms with Crippen molar-refractivity contribution < 1.29 is 8.42 Å². The molecule has 2 nitrogen and oxygen atoms in total. The molecule has 0 aliphatic carbocycles. The normalized spacial score (nSPS) is 9.75. The van der Waals surface area contributed by atoms with Gasteiger partial charge in [0.25, 0.3) is 0 Å². The zero-order valence-electron chi connectivity index (χ0n) is 7.75. The second-order valence-corrected chi connectivity index (χ2v) is 3.84. The third kappa shape index (κ3) is 9.69. The highest BCUT2D eigenvalue weighted by molar-refractivity contribution is 7.71. The molecule has 0 aromatic rings. The van der Waals surface area contributed by atoms with Crippen LogP contribution in [0, 0.1) is 0 Å². The number of unbranched alkanes of at least 4 members (excludes halogenated alkanes) is 6. The van der Waals surface area contributed by atoms with Crippen molar-refractivity contribution in [2.24, 2.45) is 0 Å².